The number of piperidine rings is 1. The first-order valence-electron chi connectivity index (χ1n) is 10.2. The lowest BCUT2D eigenvalue weighted by Crippen LogP contribution is -2.35. The number of para-hydroxylation sites is 1. The summed E-state index contributed by atoms with van der Waals surface area (Å²) in [5, 5.41) is 2.86. The van der Waals surface area contributed by atoms with Gasteiger partial charge in [-0.15, -0.1) is 11.3 Å². The van der Waals surface area contributed by atoms with Gasteiger partial charge in [-0.1, -0.05) is 24.6 Å². The van der Waals surface area contributed by atoms with Crippen LogP contribution in [0, 0.1) is 5.92 Å². The lowest BCUT2D eigenvalue weighted by molar-refractivity contribution is -0.126. The summed E-state index contributed by atoms with van der Waals surface area (Å²) in [6.45, 7) is 1.75. The van der Waals surface area contributed by atoms with Crippen molar-refractivity contribution in [2.24, 2.45) is 5.92 Å². The lowest BCUT2D eigenvalue weighted by Gasteiger charge is -2.25. The highest BCUT2D eigenvalue weighted by Crippen LogP contribution is 2.28. The second-order valence-corrected chi connectivity index (χ2v) is 11.0. The Morgan fingerprint density at radius 3 is 2.53 bits per heavy atom. The van der Waals surface area contributed by atoms with Gasteiger partial charge in [0, 0.05) is 36.6 Å². The van der Waals surface area contributed by atoms with Crippen LogP contribution in [0.5, 0.6) is 0 Å². The molecule has 0 bridgehead atoms. The quantitative estimate of drug-likeness (QED) is 0.737. The highest BCUT2D eigenvalue weighted by Gasteiger charge is 2.35. The van der Waals surface area contributed by atoms with Crippen LogP contribution >= 0.6 is 11.3 Å². The Kier molecular flexibility index (Phi) is 6.21. The third-order valence-corrected chi connectivity index (χ3v) is 9.00. The van der Waals surface area contributed by atoms with Crippen LogP contribution in [0.3, 0.4) is 0 Å². The van der Waals surface area contributed by atoms with Gasteiger partial charge >= 0.3 is 0 Å². The summed E-state index contributed by atoms with van der Waals surface area (Å²) in [5.74, 6) is -0.655. The van der Waals surface area contributed by atoms with Gasteiger partial charge in [0.1, 0.15) is 4.21 Å². The molecule has 3 heterocycles. The Morgan fingerprint density at radius 2 is 1.80 bits per heavy atom. The standard InChI is InChI=1S/C21H25N3O4S2/c25-19-13-16(15-24(19)17-7-3-1-4-8-17)21(26)22-14-18-9-10-20(29-18)30(27,28)23-11-5-2-6-12-23/h1,3-4,7-10,16H,2,5-6,11-15H2,(H,22,26)/t16-/m1/s1. The summed E-state index contributed by atoms with van der Waals surface area (Å²) in [5.41, 5.74) is 0.795. The Bertz CT molecular complexity index is 1010. The van der Waals surface area contributed by atoms with Crippen molar-refractivity contribution >= 4 is 38.9 Å². The topological polar surface area (TPSA) is 86.8 Å². The van der Waals surface area contributed by atoms with E-state index in [4.69, 9.17) is 0 Å². The Balaban J connectivity index is 1.34. The highest BCUT2D eigenvalue weighted by molar-refractivity contribution is 7.91. The number of thiophene rings is 1. The van der Waals surface area contributed by atoms with Gasteiger partial charge in [-0.2, -0.15) is 4.31 Å². The van der Waals surface area contributed by atoms with Crippen LogP contribution in [-0.4, -0.2) is 44.2 Å². The number of benzene rings is 1. The second-order valence-electron chi connectivity index (χ2n) is 7.64. The van der Waals surface area contributed by atoms with E-state index in [9.17, 15) is 18.0 Å². The van der Waals surface area contributed by atoms with Crippen molar-refractivity contribution in [3.05, 3.63) is 47.3 Å². The Labute approximate surface area is 180 Å². The maximum Gasteiger partial charge on any atom is 0.252 e. The molecule has 9 heteroatoms. The number of nitrogens with one attached hydrogen (secondary N) is 1. The normalized spacial score (nSPS) is 20.5. The van der Waals surface area contributed by atoms with E-state index in [2.05, 4.69) is 5.32 Å². The average molecular weight is 448 g/mol. The smallest absolute Gasteiger partial charge is 0.252 e. The molecule has 0 aliphatic carbocycles. The van der Waals surface area contributed by atoms with Gasteiger partial charge in [-0.25, -0.2) is 8.42 Å². The molecule has 4 rings (SSSR count). The minimum atomic E-state index is -3.45. The van der Waals surface area contributed by atoms with E-state index in [1.165, 1.54) is 11.3 Å². The molecule has 2 aliphatic rings. The molecule has 0 unspecified atom stereocenters. The molecule has 0 saturated carbocycles. The van der Waals surface area contributed by atoms with Gasteiger partial charge in [0.2, 0.25) is 11.8 Å². The van der Waals surface area contributed by atoms with Crippen LogP contribution in [0.1, 0.15) is 30.6 Å². The first kappa shape index (κ1) is 21.0. The van der Waals surface area contributed by atoms with Crippen LogP contribution in [0.15, 0.2) is 46.7 Å². The van der Waals surface area contributed by atoms with Crippen molar-refractivity contribution in [2.45, 2.75) is 36.4 Å². The third kappa shape index (κ3) is 4.43. The minimum absolute atomic E-state index is 0.0626. The lowest BCUT2D eigenvalue weighted by atomic mass is 10.1. The van der Waals surface area contributed by atoms with E-state index in [1.54, 1.807) is 21.3 Å². The van der Waals surface area contributed by atoms with Crippen LogP contribution < -0.4 is 10.2 Å². The summed E-state index contributed by atoms with van der Waals surface area (Å²) in [6, 6.07) is 12.7. The number of nitrogens with zero attached hydrogens (tertiary/aromatic N) is 2. The Morgan fingerprint density at radius 1 is 1.07 bits per heavy atom. The predicted octanol–water partition coefficient (Wildman–Crippen LogP) is 2.59. The number of anilines is 1. The molecular formula is C21H25N3O4S2. The van der Waals surface area contributed by atoms with Gasteiger partial charge in [-0.05, 0) is 37.1 Å². The molecule has 2 saturated heterocycles. The molecule has 30 heavy (non-hydrogen) atoms. The summed E-state index contributed by atoms with van der Waals surface area (Å²) in [6.07, 6.45) is 3.04. The van der Waals surface area contributed by atoms with Crippen molar-refractivity contribution in [2.75, 3.05) is 24.5 Å². The molecule has 2 aliphatic heterocycles. The highest BCUT2D eigenvalue weighted by atomic mass is 32.2. The number of sulfonamides is 1. The third-order valence-electron chi connectivity index (χ3n) is 5.55. The zero-order valence-electron chi connectivity index (χ0n) is 16.6. The molecule has 2 aromatic rings. The van der Waals surface area contributed by atoms with E-state index in [0.29, 0.717) is 23.8 Å². The fraction of sp³-hybridized carbons (Fsp3) is 0.429. The second kappa shape index (κ2) is 8.87. The maximum atomic E-state index is 12.8. The minimum Gasteiger partial charge on any atom is -0.351 e. The summed E-state index contributed by atoms with van der Waals surface area (Å²) in [7, 11) is -3.45. The van der Waals surface area contributed by atoms with Crippen molar-refractivity contribution in [1.82, 2.24) is 9.62 Å². The van der Waals surface area contributed by atoms with Crippen LogP contribution in [0.2, 0.25) is 0 Å². The number of hydrogen-bond donors (Lipinski definition) is 1. The SMILES string of the molecule is O=C(NCc1ccc(S(=O)(=O)N2CCCCC2)s1)[C@@H]1CC(=O)N(c2ccccc2)C1. The number of carbonyl (C=O) groups is 2. The molecule has 1 N–H and O–H groups in total. The molecule has 7 nitrogen and oxygen atoms in total. The van der Waals surface area contributed by atoms with Crippen LogP contribution in [0.4, 0.5) is 5.69 Å². The van der Waals surface area contributed by atoms with Gasteiger partial charge in [0.25, 0.3) is 10.0 Å². The summed E-state index contributed by atoms with van der Waals surface area (Å²) >= 11 is 1.19. The zero-order valence-corrected chi connectivity index (χ0v) is 18.3. The molecule has 1 atom stereocenters. The molecule has 1 aromatic carbocycles. The number of hydrogen-bond acceptors (Lipinski definition) is 5. The molecule has 0 spiro atoms. The first-order chi connectivity index (χ1) is 14.4. The number of carbonyl (C=O) groups excluding carboxylic acids is 2. The molecule has 160 valence electrons. The summed E-state index contributed by atoms with van der Waals surface area (Å²) in [4.78, 5) is 27.3. The van der Waals surface area contributed by atoms with Crippen molar-refractivity contribution in [1.29, 1.82) is 0 Å². The molecule has 2 amide bonds. The van der Waals surface area contributed by atoms with Crippen molar-refractivity contribution in [3.63, 3.8) is 0 Å². The first-order valence-corrected chi connectivity index (χ1v) is 12.4. The van der Waals surface area contributed by atoms with E-state index < -0.39 is 15.9 Å². The van der Waals surface area contributed by atoms with Crippen molar-refractivity contribution in [3.8, 4) is 0 Å². The largest absolute Gasteiger partial charge is 0.351 e. The molecular weight excluding hydrogens is 422 g/mol. The predicted molar refractivity (Wildman–Crippen MR) is 116 cm³/mol. The van der Waals surface area contributed by atoms with Crippen molar-refractivity contribution < 1.29 is 18.0 Å². The van der Waals surface area contributed by atoms with Gasteiger partial charge in [0.15, 0.2) is 0 Å². The molecule has 1 aromatic heterocycles. The Hall–Kier alpha value is -2.23. The van der Waals surface area contributed by atoms with Gasteiger partial charge in [-0.3, -0.25) is 9.59 Å². The van der Waals surface area contributed by atoms with E-state index in [1.807, 2.05) is 30.3 Å². The summed E-state index contributed by atoms with van der Waals surface area (Å²) < 4.78 is 27.4. The fourth-order valence-electron chi connectivity index (χ4n) is 3.88. The van der Waals surface area contributed by atoms with Gasteiger partial charge in [0.05, 0.1) is 12.5 Å². The van der Waals surface area contributed by atoms with E-state index >= 15 is 0 Å². The maximum absolute atomic E-state index is 12.8. The zero-order chi connectivity index (χ0) is 21.1. The van der Waals surface area contributed by atoms with E-state index in [0.717, 1.165) is 29.8 Å². The van der Waals surface area contributed by atoms with Gasteiger partial charge < -0.3 is 10.2 Å². The fourth-order valence-corrected chi connectivity index (χ4v) is 6.85. The van der Waals surface area contributed by atoms with E-state index in [-0.39, 0.29) is 24.8 Å². The number of rotatable bonds is 6. The molecule has 2 fully saturated rings. The monoisotopic (exact) mass is 447 g/mol. The van der Waals surface area contributed by atoms with Crippen LogP contribution in [0.25, 0.3) is 0 Å². The molecule has 0 radical (unpaired) electrons. The average Bonchev–Trinajstić information content (AvgIpc) is 3.40. The number of amides is 2. The van der Waals surface area contributed by atoms with Crippen LogP contribution in [-0.2, 0) is 26.2 Å².